The topological polar surface area (TPSA) is 64.3 Å². The molecule has 0 bridgehead atoms. The zero-order chi connectivity index (χ0) is 10.6. The lowest BCUT2D eigenvalue weighted by Crippen LogP contribution is -2.37. The molecule has 1 saturated carbocycles. The van der Waals surface area contributed by atoms with Gasteiger partial charge in [-0.2, -0.15) is 5.48 Å². The SMILES string of the molecule is CC1CCC(NOCC(N)=O)CC1C. The van der Waals surface area contributed by atoms with Crippen molar-refractivity contribution >= 4 is 5.91 Å². The maximum absolute atomic E-state index is 10.4. The van der Waals surface area contributed by atoms with Crippen LogP contribution in [0.15, 0.2) is 0 Å². The van der Waals surface area contributed by atoms with E-state index in [0.29, 0.717) is 6.04 Å². The molecule has 0 heterocycles. The van der Waals surface area contributed by atoms with E-state index in [4.69, 9.17) is 10.6 Å². The van der Waals surface area contributed by atoms with Crippen molar-refractivity contribution in [1.29, 1.82) is 0 Å². The van der Waals surface area contributed by atoms with Crippen molar-refractivity contribution in [2.45, 2.75) is 39.2 Å². The second kappa shape index (κ2) is 5.32. The normalized spacial score (nSPS) is 32.9. The predicted octanol–water partition coefficient (Wildman–Crippen LogP) is 0.818. The molecule has 3 atom stereocenters. The molecular weight excluding hydrogens is 180 g/mol. The number of hydroxylamine groups is 1. The van der Waals surface area contributed by atoms with E-state index >= 15 is 0 Å². The lowest BCUT2D eigenvalue weighted by molar-refractivity contribution is -0.126. The Morgan fingerprint density at radius 1 is 1.43 bits per heavy atom. The first-order valence-electron chi connectivity index (χ1n) is 5.25. The van der Waals surface area contributed by atoms with Crippen molar-refractivity contribution in [1.82, 2.24) is 5.48 Å². The maximum Gasteiger partial charge on any atom is 0.245 e. The van der Waals surface area contributed by atoms with E-state index in [9.17, 15) is 4.79 Å². The zero-order valence-corrected chi connectivity index (χ0v) is 8.95. The molecule has 82 valence electrons. The van der Waals surface area contributed by atoms with Crippen LogP contribution in [0, 0.1) is 11.8 Å². The van der Waals surface area contributed by atoms with Gasteiger partial charge in [-0.15, -0.1) is 0 Å². The van der Waals surface area contributed by atoms with E-state index in [1.54, 1.807) is 0 Å². The molecule has 0 spiro atoms. The van der Waals surface area contributed by atoms with E-state index in [-0.39, 0.29) is 6.61 Å². The lowest BCUT2D eigenvalue weighted by Gasteiger charge is -2.31. The third kappa shape index (κ3) is 3.64. The third-order valence-electron chi connectivity index (χ3n) is 3.06. The van der Waals surface area contributed by atoms with Crippen molar-refractivity contribution < 1.29 is 9.63 Å². The molecule has 1 amide bonds. The van der Waals surface area contributed by atoms with Crippen LogP contribution >= 0.6 is 0 Å². The molecule has 0 aromatic heterocycles. The maximum atomic E-state index is 10.4. The van der Waals surface area contributed by atoms with Crippen molar-refractivity contribution in [3.05, 3.63) is 0 Å². The van der Waals surface area contributed by atoms with Gasteiger partial charge in [-0.3, -0.25) is 9.63 Å². The molecule has 0 aromatic rings. The molecule has 4 nitrogen and oxygen atoms in total. The fourth-order valence-electron chi connectivity index (χ4n) is 1.89. The molecule has 3 N–H and O–H groups in total. The highest BCUT2D eigenvalue weighted by atomic mass is 16.6. The predicted molar refractivity (Wildman–Crippen MR) is 54.2 cm³/mol. The summed E-state index contributed by atoms with van der Waals surface area (Å²) in [5.41, 5.74) is 7.86. The highest BCUT2D eigenvalue weighted by Gasteiger charge is 2.24. The number of hydrogen-bond donors (Lipinski definition) is 2. The number of carbonyl (C=O) groups excluding carboxylic acids is 1. The summed E-state index contributed by atoms with van der Waals surface area (Å²) < 4.78 is 0. The summed E-state index contributed by atoms with van der Waals surface area (Å²) in [4.78, 5) is 15.4. The quantitative estimate of drug-likeness (QED) is 0.660. The molecule has 0 aromatic carbocycles. The summed E-state index contributed by atoms with van der Waals surface area (Å²) in [6, 6.07) is 0.376. The van der Waals surface area contributed by atoms with Gasteiger partial charge in [0, 0.05) is 6.04 Å². The van der Waals surface area contributed by atoms with E-state index in [1.807, 2.05) is 0 Å². The minimum absolute atomic E-state index is 0.0412. The van der Waals surface area contributed by atoms with Crippen molar-refractivity contribution in [2.75, 3.05) is 6.61 Å². The summed E-state index contributed by atoms with van der Waals surface area (Å²) >= 11 is 0. The first-order valence-corrected chi connectivity index (χ1v) is 5.25. The second-order valence-corrected chi connectivity index (χ2v) is 4.34. The van der Waals surface area contributed by atoms with Gasteiger partial charge in [0.1, 0.15) is 6.61 Å². The highest BCUT2D eigenvalue weighted by Crippen LogP contribution is 2.29. The van der Waals surface area contributed by atoms with Crippen LogP contribution < -0.4 is 11.2 Å². The van der Waals surface area contributed by atoms with E-state index < -0.39 is 5.91 Å². The van der Waals surface area contributed by atoms with Gasteiger partial charge >= 0.3 is 0 Å². The molecule has 1 fully saturated rings. The van der Waals surface area contributed by atoms with Gasteiger partial charge in [-0.05, 0) is 31.1 Å². The van der Waals surface area contributed by atoms with Crippen LogP contribution in [0.5, 0.6) is 0 Å². The van der Waals surface area contributed by atoms with Crippen LogP contribution in [0.1, 0.15) is 33.1 Å². The van der Waals surface area contributed by atoms with Gasteiger partial charge in [-0.1, -0.05) is 13.8 Å². The fraction of sp³-hybridized carbons (Fsp3) is 0.900. The van der Waals surface area contributed by atoms with Crippen molar-refractivity contribution in [2.24, 2.45) is 17.6 Å². The second-order valence-electron chi connectivity index (χ2n) is 4.34. The summed E-state index contributed by atoms with van der Waals surface area (Å²) in [7, 11) is 0. The van der Waals surface area contributed by atoms with Gasteiger partial charge in [-0.25, -0.2) is 0 Å². The van der Waals surface area contributed by atoms with E-state index in [0.717, 1.165) is 24.7 Å². The van der Waals surface area contributed by atoms with Gasteiger partial charge in [0.15, 0.2) is 0 Å². The summed E-state index contributed by atoms with van der Waals surface area (Å²) in [6.07, 6.45) is 3.45. The van der Waals surface area contributed by atoms with Crippen LogP contribution in [-0.4, -0.2) is 18.6 Å². The lowest BCUT2D eigenvalue weighted by atomic mass is 9.79. The molecule has 1 aliphatic carbocycles. The van der Waals surface area contributed by atoms with Crippen LogP contribution in [0.3, 0.4) is 0 Å². The summed E-state index contributed by atoms with van der Waals surface area (Å²) in [6.45, 7) is 4.50. The molecule has 0 aliphatic heterocycles. The molecule has 3 unspecified atom stereocenters. The first kappa shape index (κ1) is 11.5. The minimum Gasteiger partial charge on any atom is -0.368 e. The standard InChI is InChI=1S/C10H20N2O2/c1-7-3-4-9(5-8(7)2)12-14-6-10(11)13/h7-9,12H,3-6H2,1-2H3,(H2,11,13). The molecule has 0 radical (unpaired) electrons. The number of primary amides is 1. The van der Waals surface area contributed by atoms with Crippen LogP contribution in [0.4, 0.5) is 0 Å². The molecule has 14 heavy (non-hydrogen) atoms. The number of nitrogens with two attached hydrogens (primary N) is 1. The average molecular weight is 200 g/mol. The highest BCUT2D eigenvalue weighted by molar-refractivity contribution is 5.74. The number of hydrogen-bond acceptors (Lipinski definition) is 3. The fourth-order valence-corrected chi connectivity index (χ4v) is 1.89. The summed E-state index contributed by atoms with van der Waals surface area (Å²) in [5.74, 6) is 1.08. The van der Waals surface area contributed by atoms with Crippen molar-refractivity contribution in [3.8, 4) is 0 Å². The molecular formula is C10H20N2O2. The number of amides is 1. The van der Waals surface area contributed by atoms with Gasteiger partial charge < -0.3 is 5.73 Å². The molecule has 4 heteroatoms. The van der Waals surface area contributed by atoms with E-state index in [2.05, 4.69) is 19.3 Å². The van der Waals surface area contributed by atoms with Crippen LogP contribution in [0.2, 0.25) is 0 Å². The number of nitrogens with one attached hydrogen (secondary N) is 1. The smallest absolute Gasteiger partial charge is 0.245 e. The first-order chi connectivity index (χ1) is 6.59. The van der Waals surface area contributed by atoms with E-state index in [1.165, 1.54) is 6.42 Å². The Morgan fingerprint density at radius 2 is 2.14 bits per heavy atom. The zero-order valence-electron chi connectivity index (χ0n) is 8.95. The minimum atomic E-state index is -0.435. The van der Waals surface area contributed by atoms with Crippen molar-refractivity contribution in [3.63, 3.8) is 0 Å². The Kier molecular flexibility index (Phi) is 4.35. The summed E-state index contributed by atoms with van der Waals surface area (Å²) in [5, 5.41) is 0. The largest absolute Gasteiger partial charge is 0.368 e. The van der Waals surface area contributed by atoms with Gasteiger partial charge in [0.05, 0.1) is 0 Å². The Hall–Kier alpha value is -0.610. The third-order valence-corrected chi connectivity index (χ3v) is 3.06. The Balaban J connectivity index is 2.16. The molecule has 1 rings (SSSR count). The molecule has 0 saturated heterocycles. The monoisotopic (exact) mass is 200 g/mol. The molecule has 1 aliphatic rings. The number of carbonyl (C=O) groups is 1. The van der Waals surface area contributed by atoms with Crippen LogP contribution in [0.25, 0.3) is 0 Å². The van der Waals surface area contributed by atoms with Crippen LogP contribution in [-0.2, 0) is 9.63 Å². The number of rotatable bonds is 4. The Morgan fingerprint density at radius 3 is 2.71 bits per heavy atom. The van der Waals surface area contributed by atoms with Gasteiger partial charge in [0.2, 0.25) is 5.91 Å². The Labute approximate surface area is 85.1 Å². The average Bonchev–Trinajstić information content (AvgIpc) is 2.10. The Bertz CT molecular complexity index is 197. The van der Waals surface area contributed by atoms with Gasteiger partial charge in [0.25, 0.3) is 0 Å².